The van der Waals surface area contributed by atoms with Gasteiger partial charge in [-0.05, 0) is 31.4 Å². The number of carbonyl (C=O) groups is 1. The van der Waals surface area contributed by atoms with Gasteiger partial charge in [-0.3, -0.25) is 4.79 Å². The summed E-state index contributed by atoms with van der Waals surface area (Å²) in [5.41, 5.74) is 3.10. The van der Waals surface area contributed by atoms with Crippen molar-refractivity contribution in [2.24, 2.45) is 7.05 Å². The Hall–Kier alpha value is -1.77. The molecule has 1 saturated carbocycles. The molecule has 0 atom stereocenters. The van der Waals surface area contributed by atoms with E-state index in [1.807, 2.05) is 23.7 Å². The summed E-state index contributed by atoms with van der Waals surface area (Å²) in [6.07, 6.45) is 2.24. The molecule has 1 N–H and O–H groups in total. The predicted molar refractivity (Wildman–Crippen MR) is 68.1 cm³/mol. The fraction of sp³-hybridized carbons (Fsp3) is 0.357. The molecule has 0 bridgehead atoms. The molecule has 1 fully saturated rings. The fourth-order valence-electron chi connectivity index (χ4n) is 2.33. The first kappa shape index (κ1) is 10.4. The average molecular weight is 228 g/mol. The minimum absolute atomic E-state index is 0.0469. The van der Waals surface area contributed by atoms with Crippen molar-refractivity contribution >= 4 is 16.8 Å². The second-order valence-corrected chi connectivity index (χ2v) is 4.85. The topological polar surface area (TPSA) is 34.0 Å². The molecule has 1 aliphatic rings. The van der Waals surface area contributed by atoms with Gasteiger partial charge in [0.2, 0.25) is 0 Å². The monoisotopic (exact) mass is 228 g/mol. The molecule has 0 saturated heterocycles. The summed E-state index contributed by atoms with van der Waals surface area (Å²) in [5, 5.41) is 4.16. The maximum absolute atomic E-state index is 12.1. The molecular weight excluding hydrogens is 212 g/mol. The Balaban J connectivity index is 2.07. The van der Waals surface area contributed by atoms with Crippen LogP contribution < -0.4 is 5.32 Å². The Labute approximate surface area is 100 Å². The average Bonchev–Trinajstić information content (AvgIpc) is 3.02. The van der Waals surface area contributed by atoms with Crippen LogP contribution in [0.1, 0.15) is 28.9 Å². The molecule has 0 spiro atoms. The van der Waals surface area contributed by atoms with Crippen LogP contribution in [0, 0.1) is 6.92 Å². The number of para-hydroxylation sites is 1. The number of carbonyl (C=O) groups excluding carboxylic acids is 1. The summed E-state index contributed by atoms with van der Waals surface area (Å²) in [4.78, 5) is 12.1. The van der Waals surface area contributed by atoms with Crippen LogP contribution in [0.5, 0.6) is 0 Å². The lowest BCUT2D eigenvalue weighted by Gasteiger charge is -2.06. The van der Waals surface area contributed by atoms with Gasteiger partial charge < -0.3 is 9.88 Å². The van der Waals surface area contributed by atoms with Gasteiger partial charge in [-0.1, -0.05) is 18.2 Å². The van der Waals surface area contributed by atoms with Gasteiger partial charge in [0.15, 0.2) is 0 Å². The van der Waals surface area contributed by atoms with E-state index < -0.39 is 0 Å². The van der Waals surface area contributed by atoms with Crippen molar-refractivity contribution in [2.45, 2.75) is 25.8 Å². The molecule has 88 valence electrons. The van der Waals surface area contributed by atoms with Gasteiger partial charge in [0.05, 0.1) is 5.52 Å². The highest BCUT2D eigenvalue weighted by Gasteiger charge is 2.25. The molecule has 17 heavy (non-hydrogen) atoms. The third-order valence-corrected chi connectivity index (χ3v) is 3.40. The summed E-state index contributed by atoms with van der Waals surface area (Å²) < 4.78 is 1.99. The summed E-state index contributed by atoms with van der Waals surface area (Å²) >= 11 is 0. The lowest BCUT2D eigenvalue weighted by atomic mass is 10.2. The van der Waals surface area contributed by atoms with Crippen molar-refractivity contribution in [3.8, 4) is 0 Å². The second-order valence-electron chi connectivity index (χ2n) is 4.85. The normalized spacial score (nSPS) is 15.2. The second kappa shape index (κ2) is 3.62. The molecule has 0 unspecified atom stereocenters. The van der Waals surface area contributed by atoms with Crippen molar-refractivity contribution < 1.29 is 4.79 Å². The van der Waals surface area contributed by atoms with Crippen LogP contribution in [0.15, 0.2) is 24.3 Å². The highest BCUT2D eigenvalue weighted by molar-refractivity contribution is 5.99. The number of nitrogens with one attached hydrogen (secondary N) is 1. The molecule has 1 aliphatic carbocycles. The van der Waals surface area contributed by atoms with Gasteiger partial charge in [-0.2, -0.15) is 0 Å². The number of aromatic nitrogens is 1. The van der Waals surface area contributed by atoms with Crippen molar-refractivity contribution in [1.82, 2.24) is 9.88 Å². The van der Waals surface area contributed by atoms with Crippen molar-refractivity contribution in [3.05, 3.63) is 35.5 Å². The number of benzene rings is 1. The molecule has 1 aromatic heterocycles. The number of rotatable bonds is 2. The summed E-state index contributed by atoms with van der Waals surface area (Å²) in [5.74, 6) is 0.0469. The number of hydrogen-bond acceptors (Lipinski definition) is 1. The molecule has 0 radical (unpaired) electrons. The molecule has 1 heterocycles. The first-order chi connectivity index (χ1) is 8.16. The Morgan fingerprint density at radius 2 is 2.18 bits per heavy atom. The first-order valence-electron chi connectivity index (χ1n) is 6.03. The van der Waals surface area contributed by atoms with Crippen LogP contribution in [0.3, 0.4) is 0 Å². The lowest BCUT2D eigenvalue weighted by Crippen LogP contribution is -2.27. The predicted octanol–water partition coefficient (Wildman–Crippen LogP) is 2.38. The minimum atomic E-state index is 0.0469. The Morgan fingerprint density at radius 1 is 1.41 bits per heavy atom. The molecule has 3 rings (SSSR count). The number of amides is 1. The summed E-state index contributed by atoms with van der Waals surface area (Å²) in [7, 11) is 1.96. The van der Waals surface area contributed by atoms with Gasteiger partial charge in [-0.25, -0.2) is 0 Å². The van der Waals surface area contributed by atoms with Crippen LogP contribution in [-0.2, 0) is 7.05 Å². The fourth-order valence-corrected chi connectivity index (χ4v) is 2.33. The first-order valence-corrected chi connectivity index (χ1v) is 6.03. The molecule has 1 aromatic carbocycles. The molecule has 1 amide bonds. The molecule has 2 aromatic rings. The number of nitrogens with zero attached hydrogens (tertiary/aromatic N) is 1. The van der Waals surface area contributed by atoms with Gasteiger partial charge in [0.1, 0.15) is 5.69 Å². The zero-order chi connectivity index (χ0) is 12.0. The zero-order valence-corrected chi connectivity index (χ0v) is 10.2. The quantitative estimate of drug-likeness (QED) is 0.841. The van der Waals surface area contributed by atoms with Gasteiger partial charge in [0.25, 0.3) is 5.91 Å². The van der Waals surface area contributed by atoms with Crippen LogP contribution in [0.25, 0.3) is 10.9 Å². The van der Waals surface area contributed by atoms with Crippen LogP contribution in [0.4, 0.5) is 0 Å². The lowest BCUT2D eigenvalue weighted by molar-refractivity contribution is 0.0943. The maximum Gasteiger partial charge on any atom is 0.268 e. The van der Waals surface area contributed by atoms with E-state index >= 15 is 0 Å². The molecule has 3 nitrogen and oxygen atoms in total. The highest BCUT2D eigenvalue weighted by Crippen LogP contribution is 2.24. The number of fused-ring (bicyclic) bond motifs is 1. The Bertz CT molecular complexity index is 594. The summed E-state index contributed by atoms with van der Waals surface area (Å²) in [6.45, 7) is 2.07. The van der Waals surface area contributed by atoms with E-state index in [-0.39, 0.29) is 5.91 Å². The van der Waals surface area contributed by atoms with Crippen LogP contribution in [-0.4, -0.2) is 16.5 Å². The van der Waals surface area contributed by atoms with E-state index in [1.165, 1.54) is 5.56 Å². The zero-order valence-electron chi connectivity index (χ0n) is 10.2. The largest absolute Gasteiger partial charge is 0.348 e. The molecular formula is C14H16N2O. The van der Waals surface area contributed by atoms with Crippen molar-refractivity contribution in [1.29, 1.82) is 0 Å². The molecule has 0 aliphatic heterocycles. The standard InChI is InChI=1S/C14H16N2O/c1-9-4-3-5-10-8-12(16(2)13(9)10)14(17)15-11-6-7-11/h3-5,8,11H,6-7H2,1-2H3,(H,15,17). The van der Waals surface area contributed by atoms with Crippen LogP contribution >= 0.6 is 0 Å². The van der Waals surface area contributed by atoms with E-state index in [9.17, 15) is 4.79 Å². The third-order valence-electron chi connectivity index (χ3n) is 3.40. The SMILES string of the molecule is Cc1cccc2cc(C(=O)NC3CC3)n(C)c12. The minimum Gasteiger partial charge on any atom is -0.348 e. The van der Waals surface area contributed by atoms with E-state index in [1.54, 1.807) is 0 Å². The highest BCUT2D eigenvalue weighted by atomic mass is 16.2. The summed E-state index contributed by atoms with van der Waals surface area (Å²) in [6, 6.07) is 8.53. The van der Waals surface area contributed by atoms with Crippen molar-refractivity contribution in [3.63, 3.8) is 0 Å². The van der Waals surface area contributed by atoms with E-state index in [2.05, 4.69) is 24.4 Å². The molecule has 3 heteroatoms. The van der Waals surface area contributed by atoms with E-state index in [4.69, 9.17) is 0 Å². The Morgan fingerprint density at radius 3 is 2.82 bits per heavy atom. The van der Waals surface area contributed by atoms with Gasteiger partial charge in [-0.15, -0.1) is 0 Å². The maximum atomic E-state index is 12.1. The van der Waals surface area contributed by atoms with Gasteiger partial charge in [0, 0.05) is 18.5 Å². The third kappa shape index (κ3) is 1.71. The van der Waals surface area contributed by atoms with E-state index in [0.717, 1.165) is 29.4 Å². The number of hydrogen-bond donors (Lipinski definition) is 1. The van der Waals surface area contributed by atoms with E-state index in [0.29, 0.717) is 6.04 Å². The Kier molecular flexibility index (Phi) is 2.21. The van der Waals surface area contributed by atoms with Crippen LogP contribution in [0.2, 0.25) is 0 Å². The smallest absolute Gasteiger partial charge is 0.268 e. The van der Waals surface area contributed by atoms with Gasteiger partial charge >= 0.3 is 0 Å². The number of aryl methyl sites for hydroxylation is 2. The van der Waals surface area contributed by atoms with Crippen molar-refractivity contribution in [2.75, 3.05) is 0 Å².